The van der Waals surface area contributed by atoms with Crippen LogP contribution in [-0.4, -0.2) is 19.6 Å². The number of benzene rings is 1. The van der Waals surface area contributed by atoms with Crippen molar-refractivity contribution in [3.8, 4) is 5.75 Å². The monoisotopic (exact) mass is 326 g/mol. The lowest BCUT2D eigenvalue weighted by molar-refractivity contribution is 0.477. The highest BCUT2D eigenvalue weighted by molar-refractivity contribution is 7.89. The lowest BCUT2D eigenvalue weighted by atomic mass is 10.2. The fraction of sp³-hybridized carbons (Fsp3) is 0.286. The molecule has 0 aliphatic carbocycles. The molecular weight excluding hydrogens is 308 g/mol. The van der Waals surface area contributed by atoms with Crippen LogP contribution in [0, 0.1) is 6.92 Å². The standard InChI is InChI=1S/C14H18N2O3S2/c1-9(7-11-4-3-10(2)20-11)16-21(18,19)12-5-6-14(17)13(15)8-12/h3-6,8-9,16-17H,7,15H2,1-2H3. The number of anilines is 1. The zero-order chi connectivity index (χ0) is 15.6. The number of hydrogen-bond acceptors (Lipinski definition) is 5. The van der Waals surface area contributed by atoms with Crippen molar-refractivity contribution in [1.82, 2.24) is 4.72 Å². The Hall–Kier alpha value is -1.57. The van der Waals surface area contributed by atoms with Gasteiger partial charge in [-0.3, -0.25) is 0 Å². The maximum Gasteiger partial charge on any atom is 0.240 e. The molecule has 1 atom stereocenters. The first-order valence-electron chi connectivity index (χ1n) is 6.44. The Bertz CT molecular complexity index is 738. The van der Waals surface area contributed by atoms with Crippen LogP contribution in [0.4, 0.5) is 5.69 Å². The van der Waals surface area contributed by atoms with Crippen molar-refractivity contribution in [2.75, 3.05) is 5.73 Å². The molecule has 0 aliphatic rings. The van der Waals surface area contributed by atoms with Gasteiger partial charge < -0.3 is 10.8 Å². The topological polar surface area (TPSA) is 92.4 Å². The van der Waals surface area contributed by atoms with Crippen molar-refractivity contribution >= 4 is 27.0 Å². The predicted octanol–water partition coefficient (Wildman–Crippen LogP) is 2.25. The van der Waals surface area contributed by atoms with Crippen molar-refractivity contribution in [3.63, 3.8) is 0 Å². The van der Waals surface area contributed by atoms with Gasteiger partial charge in [0.15, 0.2) is 0 Å². The summed E-state index contributed by atoms with van der Waals surface area (Å²) in [5.74, 6) is -0.129. The third-order valence-corrected chi connectivity index (χ3v) is 5.58. The molecule has 4 N–H and O–H groups in total. The van der Waals surface area contributed by atoms with Crippen molar-refractivity contribution in [2.24, 2.45) is 0 Å². The fourth-order valence-corrected chi connectivity index (χ4v) is 4.27. The minimum Gasteiger partial charge on any atom is -0.506 e. The zero-order valence-electron chi connectivity index (χ0n) is 11.8. The van der Waals surface area contributed by atoms with Crippen molar-refractivity contribution in [2.45, 2.75) is 31.2 Å². The average Bonchev–Trinajstić information content (AvgIpc) is 2.77. The summed E-state index contributed by atoms with van der Waals surface area (Å²) in [6, 6.07) is 7.64. The molecular formula is C14H18N2O3S2. The van der Waals surface area contributed by atoms with Crippen LogP contribution in [0.3, 0.4) is 0 Å². The summed E-state index contributed by atoms with van der Waals surface area (Å²) in [6.45, 7) is 3.83. The highest BCUT2D eigenvalue weighted by Gasteiger charge is 2.19. The van der Waals surface area contributed by atoms with Crippen molar-refractivity contribution in [3.05, 3.63) is 40.1 Å². The van der Waals surface area contributed by atoms with Gasteiger partial charge >= 0.3 is 0 Å². The third-order valence-electron chi connectivity index (χ3n) is 2.97. The predicted molar refractivity (Wildman–Crippen MR) is 85.1 cm³/mol. The number of nitrogen functional groups attached to an aromatic ring is 1. The molecule has 1 aromatic heterocycles. The van der Waals surface area contributed by atoms with E-state index in [9.17, 15) is 13.5 Å². The molecule has 114 valence electrons. The smallest absolute Gasteiger partial charge is 0.240 e. The number of nitrogens with two attached hydrogens (primary N) is 1. The summed E-state index contributed by atoms with van der Waals surface area (Å²) in [7, 11) is -3.65. The summed E-state index contributed by atoms with van der Waals surface area (Å²) < 4.78 is 27.1. The molecule has 0 amide bonds. The molecule has 1 heterocycles. The van der Waals surface area contributed by atoms with Gasteiger partial charge in [-0.05, 0) is 50.6 Å². The summed E-state index contributed by atoms with van der Waals surface area (Å²) in [6.07, 6.45) is 0.630. The Morgan fingerprint density at radius 1 is 1.33 bits per heavy atom. The highest BCUT2D eigenvalue weighted by Crippen LogP contribution is 2.23. The minimum absolute atomic E-state index is 0.0411. The molecule has 0 bridgehead atoms. The second-order valence-electron chi connectivity index (χ2n) is 4.96. The first kappa shape index (κ1) is 15.8. The maximum absolute atomic E-state index is 12.3. The first-order chi connectivity index (χ1) is 9.78. The summed E-state index contributed by atoms with van der Waals surface area (Å²) in [4.78, 5) is 2.38. The Morgan fingerprint density at radius 3 is 2.62 bits per heavy atom. The highest BCUT2D eigenvalue weighted by atomic mass is 32.2. The van der Waals surface area contributed by atoms with E-state index in [0.29, 0.717) is 6.42 Å². The van der Waals surface area contributed by atoms with E-state index in [-0.39, 0.29) is 22.4 Å². The number of thiophene rings is 1. The van der Waals surface area contributed by atoms with Gasteiger partial charge in [0, 0.05) is 15.8 Å². The van der Waals surface area contributed by atoms with E-state index in [1.165, 1.54) is 23.1 Å². The van der Waals surface area contributed by atoms with Gasteiger partial charge in [-0.1, -0.05) is 0 Å². The van der Waals surface area contributed by atoms with E-state index < -0.39 is 10.0 Å². The number of aryl methyl sites for hydroxylation is 1. The Balaban J connectivity index is 2.11. The fourth-order valence-electron chi connectivity index (χ4n) is 1.97. The largest absolute Gasteiger partial charge is 0.506 e. The molecule has 0 saturated heterocycles. The molecule has 21 heavy (non-hydrogen) atoms. The van der Waals surface area contributed by atoms with Crippen LogP contribution >= 0.6 is 11.3 Å². The van der Waals surface area contributed by atoms with Crippen LogP contribution in [0.15, 0.2) is 35.2 Å². The van der Waals surface area contributed by atoms with Gasteiger partial charge in [0.25, 0.3) is 0 Å². The van der Waals surface area contributed by atoms with Gasteiger partial charge in [0.2, 0.25) is 10.0 Å². The Kier molecular flexibility index (Phi) is 4.55. The number of sulfonamides is 1. The first-order valence-corrected chi connectivity index (χ1v) is 8.74. The van der Waals surface area contributed by atoms with Crippen LogP contribution in [0.25, 0.3) is 0 Å². The second-order valence-corrected chi connectivity index (χ2v) is 8.05. The number of phenolic OH excluding ortho intramolecular Hbond substituents is 1. The molecule has 0 fully saturated rings. The normalized spacial score (nSPS) is 13.2. The molecule has 1 unspecified atom stereocenters. The number of phenols is 1. The van der Waals surface area contributed by atoms with E-state index in [1.54, 1.807) is 11.3 Å². The Morgan fingerprint density at radius 2 is 2.05 bits per heavy atom. The maximum atomic E-state index is 12.3. The van der Waals surface area contributed by atoms with Gasteiger partial charge in [-0.15, -0.1) is 11.3 Å². The molecule has 5 nitrogen and oxygen atoms in total. The van der Waals surface area contributed by atoms with Crippen LogP contribution in [0.1, 0.15) is 16.7 Å². The zero-order valence-corrected chi connectivity index (χ0v) is 13.5. The lowest BCUT2D eigenvalue weighted by Crippen LogP contribution is -2.33. The molecule has 0 aliphatic heterocycles. The number of aromatic hydroxyl groups is 1. The molecule has 2 rings (SSSR count). The summed E-state index contributed by atoms with van der Waals surface area (Å²) in [5, 5.41) is 9.35. The van der Waals surface area contributed by atoms with Crippen molar-refractivity contribution < 1.29 is 13.5 Å². The number of rotatable bonds is 5. The number of hydrogen-bond donors (Lipinski definition) is 3. The third kappa shape index (κ3) is 3.96. The molecule has 1 aromatic carbocycles. The van der Waals surface area contributed by atoms with E-state index in [0.717, 1.165) is 4.88 Å². The molecule has 0 saturated carbocycles. The summed E-state index contributed by atoms with van der Waals surface area (Å²) in [5.41, 5.74) is 5.58. The van der Waals surface area contributed by atoms with Gasteiger partial charge in [-0.25, -0.2) is 13.1 Å². The quantitative estimate of drug-likeness (QED) is 0.580. The van der Waals surface area contributed by atoms with Crippen LogP contribution in [0.5, 0.6) is 5.75 Å². The molecule has 0 radical (unpaired) electrons. The Labute approximate surface area is 128 Å². The van der Waals surface area contributed by atoms with Gasteiger partial charge in [-0.2, -0.15) is 0 Å². The molecule has 2 aromatic rings. The molecule has 0 spiro atoms. The number of nitrogens with one attached hydrogen (secondary N) is 1. The average molecular weight is 326 g/mol. The second kappa shape index (κ2) is 6.05. The van der Waals surface area contributed by atoms with Crippen LogP contribution < -0.4 is 10.5 Å². The van der Waals surface area contributed by atoms with E-state index in [4.69, 9.17) is 5.73 Å². The van der Waals surface area contributed by atoms with Gasteiger partial charge in [0.05, 0.1) is 10.6 Å². The van der Waals surface area contributed by atoms with Crippen molar-refractivity contribution in [1.29, 1.82) is 0 Å². The molecule has 7 heteroatoms. The lowest BCUT2D eigenvalue weighted by Gasteiger charge is -2.14. The van der Waals surface area contributed by atoms with Gasteiger partial charge in [0.1, 0.15) is 5.75 Å². The van der Waals surface area contributed by atoms with Crippen LogP contribution in [-0.2, 0) is 16.4 Å². The van der Waals surface area contributed by atoms with E-state index in [1.807, 2.05) is 26.0 Å². The summed E-state index contributed by atoms with van der Waals surface area (Å²) >= 11 is 1.65. The van der Waals surface area contributed by atoms with E-state index in [2.05, 4.69) is 4.72 Å². The SMILES string of the molecule is Cc1ccc(CC(C)NS(=O)(=O)c2ccc(O)c(N)c2)s1. The van der Waals surface area contributed by atoms with E-state index >= 15 is 0 Å². The van der Waals surface area contributed by atoms with Crippen LogP contribution in [0.2, 0.25) is 0 Å². The minimum atomic E-state index is -3.65.